The summed E-state index contributed by atoms with van der Waals surface area (Å²) in [6.45, 7) is 1.95. The van der Waals surface area contributed by atoms with Crippen molar-refractivity contribution in [3.63, 3.8) is 0 Å². The van der Waals surface area contributed by atoms with Gasteiger partial charge >= 0.3 is 0 Å². The molecule has 4 nitrogen and oxygen atoms in total. The number of nitrogens with one attached hydrogen (secondary N) is 1. The third-order valence-electron chi connectivity index (χ3n) is 8.50. The van der Waals surface area contributed by atoms with E-state index in [0.29, 0.717) is 11.3 Å². The maximum absolute atomic E-state index is 12.8. The Kier molecular flexibility index (Phi) is 4.37. The van der Waals surface area contributed by atoms with Gasteiger partial charge in [0.1, 0.15) is 0 Å². The molecule has 0 spiro atoms. The zero-order chi connectivity index (χ0) is 21.2. The predicted octanol–water partition coefficient (Wildman–Crippen LogP) is 5.38. The first-order chi connectivity index (χ1) is 14.9. The zero-order valence-corrected chi connectivity index (χ0v) is 18.9. The second kappa shape index (κ2) is 6.93. The molecule has 4 fully saturated rings. The minimum atomic E-state index is -3.67. The summed E-state index contributed by atoms with van der Waals surface area (Å²) in [6, 6.07) is 15.5. The van der Waals surface area contributed by atoms with Crippen molar-refractivity contribution in [1.29, 1.82) is 0 Å². The fraction of sp³-hybridized carbons (Fsp3) is 0.500. The Morgan fingerprint density at radius 3 is 2.16 bits per heavy atom. The molecule has 0 unspecified atom stereocenters. The van der Waals surface area contributed by atoms with Crippen LogP contribution >= 0.6 is 0 Å². The highest BCUT2D eigenvalue weighted by atomic mass is 32.2. The van der Waals surface area contributed by atoms with Crippen LogP contribution in [0.25, 0.3) is 0 Å². The fourth-order valence-corrected chi connectivity index (χ4v) is 8.45. The van der Waals surface area contributed by atoms with Gasteiger partial charge in [-0.2, -0.15) is 18.4 Å². The van der Waals surface area contributed by atoms with E-state index in [0.717, 1.165) is 41.0 Å². The van der Waals surface area contributed by atoms with E-state index in [1.807, 2.05) is 25.1 Å². The lowest BCUT2D eigenvalue weighted by Gasteiger charge is -2.59. The summed E-state index contributed by atoms with van der Waals surface area (Å²) in [4.78, 5) is 2.79. The van der Waals surface area contributed by atoms with Gasteiger partial charge in [-0.1, -0.05) is 42.0 Å². The third kappa shape index (κ3) is 3.24. The monoisotopic (exact) mass is 434 g/mol. The summed E-state index contributed by atoms with van der Waals surface area (Å²) in [6.07, 6.45) is 9.20. The maximum Gasteiger partial charge on any atom is 0.276 e. The minimum absolute atomic E-state index is 0.256. The topological polar surface area (TPSA) is 58.5 Å². The average molecular weight is 435 g/mol. The summed E-state index contributed by atoms with van der Waals surface area (Å²) in [5.41, 5.74) is 4.84. The maximum atomic E-state index is 12.8. The number of fused-ring (bicyclic) bond motifs is 1. The number of sulfonamides is 1. The molecule has 5 aliphatic carbocycles. The van der Waals surface area contributed by atoms with E-state index in [-0.39, 0.29) is 4.90 Å². The Morgan fingerprint density at radius 1 is 0.903 bits per heavy atom. The van der Waals surface area contributed by atoms with Gasteiger partial charge in [-0.25, -0.2) is 0 Å². The van der Waals surface area contributed by atoms with Crippen LogP contribution in [0.3, 0.4) is 0 Å². The van der Waals surface area contributed by atoms with Gasteiger partial charge in [-0.15, -0.1) is 0 Å². The van der Waals surface area contributed by atoms with Gasteiger partial charge in [0.05, 0.1) is 10.6 Å². The lowest BCUT2D eigenvalue weighted by atomic mass is 9.46. The van der Waals surface area contributed by atoms with Crippen LogP contribution in [-0.2, 0) is 10.0 Å². The van der Waals surface area contributed by atoms with Crippen LogP contribution in [-0.4, -0.2) is 14.1 Å². The van der Waals surface area contributed by atoms with Crippen LogP contribution in [0.5, 0.6) is 0 Å². The molecule has 1 N–H and O–H groups in total. The molecular formula is C26H30N2O2S. The largest absolute Gasteiger partial charge is 0.276 e. The number of benzene rings is 2. The minimum Gasteiger partial charge on any atom is -0.200 e. The molecule has 0 radical (unpaired) electrons. The van der Waals surface area contributed by atoms with Crippen molar-refractivity contribution in [2.24, 2.45) is 28.3 Å². The number of aryl methyl sites for hydroxylation is 1. The Hall–Kier alpha value is -2.14. The van der Waals surface area contributed by atoms with Gasteiger partial charge in [0, 0.05) is 5.56 Å². The first-order valence-corrected chi connectivity index (χ1v) is 13.1. The van der Waals surface area contributed by atoms with Crippen molar-refractivity contribution in [3.8, 4) is 0 Å². The number of hydrogen-bond donors (Lipinski definition) is 1. The third-order valence-corrected chi connectivity index (χ3v) is 9.73. The molecule has 0 aromatic heterocycles. The van der Waals surface area contributed by atoms with E-state index in [9.17, 15) is 8.42 Å². The molecule has 5 heteroatoms. The lowest BCUT2D eigenvalue weighted by molar-refractivity contribution is -0.0668. The average Bonchev–Trinajstić information content (AvgIpc) is 3.11. The Labute approximate surface area is 185 Å². The van der Waals surface area contributed by atoms with Crippen molar-refractivity contribution < 1.29 is 8.42 Å². The smallest absolute Gasteiger partial charge is 0.200 e. The predicted molar refractivity (Wildman–Crippen MR) is 122 cm³/mol. The molecule has 31 heavy (non-hydrogen) atoms. The molecule has 0 amide bonds. The molecule has 0 saturated heterocycles. The Morgan fingerprint density at radius 2 is 1.52 bits per heavy atom. The van der Waals surface area contributed by atoms with Crippen LogP contribution in [0.2, 0.25) is 0 Å². The lowest BCUT2D eigenvalue weighted by Crippen LogP contribution is -2.48. The van der Waals surface area contributed by atoms with Gasteiger partial charge in [0.2, 0.25) is 0 Å². The molecule has 1 atom stereocenters. The molecular weight excluding hydrogens is 404 g/mol. The van der Waals surface area contributed by atoms with Crippen LogP contribution in [0.15, 0.2) is 58.5 Å². The van der Waals surface area contributed by atoms with Gasteiger partial charge < -0.3 is 0 Å². The van der Waals surface area contributed by atoms with E-state index in [1.165, 1.54) is 44.1 Å². The van der Waals surface area contributed by atoms with Gasteiger partial charge in [0.15, 0.2) is 0 Å². The molecule has 4 saturated carbocycles. The van der Waals surface area contributed by atoms with Crippen LogP contribution in [0, 0.1) is 30.1 Å². The number of nitrogens with zero attached hydrogens (tertiary/aromatic N) is 1. The van der Waals surface area contributed by atoms with Crippen molar-refractivity contribution in [1.82, 2.24) is 4.83 Å². The van der Waals surface area contributed by atoms with Gasteiger partial charge in [0.25, 0.3) is 10.0 Å². The van der Waals surface area contributed by atoms with Crippen molar-refractivity contribution in [2.75, 3.05) is 0 Å². The SMILES string of the molecule is Cc1ccc(S(=O)(=O)N/N=C2\C[C@H](C34CC5CC(CC(C5)C3)C4)c3ccccc32)cc1. The molecule has 0 heterocycles. The van der Waals surface area contributed by atoms with Crippen LogP contribution in [0.4, 0.5) is 0 Å². The second-order valence-corrected chi connectivity index (χ2v) is 12.3. The van der Waals surface area contributed by atoms with Crippen molar-refractivity contribution >= 4 is 15.7 Å². The van der Waals surface area contributed by atoms with E-state index >= 15 is 0 Å². The summed E-state index contributed by atoms with van der Waals surface area (Å²) in [5, 5.41) is 4.49. The van der Waals surface area contributed by atoms with E-state index in [2.05, 4.69) is 28.1 Å². The van der Waals surface area contributed by atoms with E-state index < -0.39 is 10.0 Å². The number of hydrogen-bond acceptors (Lipinski definition) is 3. The number of hydrazone groups is 1. The highest BCUT2D eigenvalue weighted by molar-refractivity contribution is 7.89. The summed E-state index contributed by atoms with van der Waals surface area (Å²) >= 11 is 0. The van der Waals surface area contributed by atoms with Crippen LogP contribution < -0.4 is 4.83 Å². The Balaban J connectivity index is 1.32. The zero-order valence-electron chi connectivity index (χ0n) is 18.0. The molecule has 2 aromatic rings. The van der Waals surface area contributed by atoms with Gasteiger partial charge in [-0.3, -0.25) is 0 Å². The highest BCUT2D eigenvalue weighted by Gasteiger charge is 2.55. The van der Waals surface area contributed by atoms with E-state index in [1.54, 1.807) is 12.1 Å². The molecule has 5 aliphatic rings. The highest BCUT2D eigenvalue weighted by Crippen LogP contribution is 2.66. The van der Waals surface area contributed by atoms with Crippen molar-refractivity contribution in [2.45, 2.75) is 62.7 Å². The first kappa shape index (κ1) is 19.5. The van der Waals surface area contributed by atoms with E-state index in [4.69, 9.17) is 0 Å². The summed E-state index contributed by atoms with van der Waals surface area (Å²) in [7, 11) is -3.67. The van der Waals surface area contributed by atoms with Crippen molar-refractivity contribution in [3.05, 3.63) is 65.2 Å². The molecule has 7 rings (SSSR count). The van der Waals surface area contributed by atoms with Crippen LogP contribution in [0.1, 0.15) is 67.6 Å². The molecule has 0 aliphatic heterocycles. The quantitative estimate of drug-likeness (QED) is 0.657. The molecule has 162 valence electrons. The molecule has 2 aromatic carbocycles. The normalized spacial score (nSPS) is 34.8. The number of rotatable bonds is 4. The first-order valence-electron chi connectivity index (χ1n) is 11.7. The second-order valence-electron chi connectivity index (χ2n) is 10.6. The fourth-order valence-electron chi connectivity index (χ4n) is 7.62. The molecule has 4 bridgehead atoms. The standard InChI is InChI=1S/C26H30N2O2S/c1-17-6-8-21(9-7-17)31(29,30)28-27-25-13-24(22-4-2-3-5-23(22)25)26-14-18-10-19(15-26)12-20(11-18)16-26/h2-9,18-20,24,28H,10-16H2,1H3/b27-25+/t18?,19?,20?,24-,26?/m0/s1. The Bertz CT molecular complexity index is 1110. The summed E-state index contributed by atoms with van der Waals surface area (Å²) < 4.78 is 25.6. The van der Waals surface area contributed by atoms with Gasteiger partial charge in [-0.05, 0) is 98.7 Å². The summed E-state index contributed by atoms with van der Waals surface area (Å²) in [5.74, 6) is 3.18.